The van der Waals surface area contributed by atoms with Crippen molar-refractivity contribution in [3.8, 4) is 0 Å². The lowest BCUT2D eigenvalue weighted by Gasteiger charge is -2.14. The lowest BCUT2D eigenvalue weighted by atomic mass is 10.4. The van der Waals surface area contributed by atoms with E-state index in [4.69, 9.17) is 16.4 Å². The Bertz CT molecular complexity index is 505. The van der Waals surface area contributed by atoms with Gasteiger partial charge in [-0.05, 0) is 24.4 Å². The summed E-state index contributed by atoms with van der Waals surface area (Å²) >= 11 is 5.53. The van der Waals surface area contributed by atoms with Gasteiger partial charge in [-0.25, -0.2) is 9.78 Å². The predicted octanol–water partition coefficient (Wildman–Crippen LogP) is 1.60. The van der Waals surface area contributed by atoms with E-state index < -0.39 is 16.7 Å². The highest BCUT2D eigenvalue weighted by Crippen LogP contribution is 2.22. The van der Waals surface area contributed by atoms with Crippen LogP contribution in [0.1, 0.15) is 12.8 Å². The molecule has 0 atom stereocenters. The van der Waals surface area contributed by atoms with Crippen molar-refractivity contribution in [3.05, 3.63) is 21.6 Å². The molecule has 0 saturated carbocycles. The zero-order valence-corrected chi connectivity index (χ0v) is 10.5. The van der Waals surface area contributed by atoms with Crippen molar-refractivity contribution in [3.63, 3.8) is 0 Å². The first kappa shape index (κ1) is 13.3. The maximum atomic E-state index is 11.6. The molecule has 1 N–H and O–H groups in total. The number of nitrogens with one attached hydrogen (secondary N) is 1. The molecule has 10 heteroatoms. The second kappa shape index (κ2) is 5.65. The van der Waals surface area contributed by atoms with Crippen LogP contribution in [-0.4, -0.2) is 39.0 Å². The first-order valence-electron chi connectivity index (χ1n) is 5.46. The van der Waals surface area contributed by atoms with Gasteiger partial charge in [-0.3, -0.25) is 10.1 Å². The summed E-state index contributed by atoms with van der Waals surface area (Å²) < 4.78 is 0. The summed E-state index contributed by atoms with van der Waals surface area (Å²) in [5.74, 6) is -0.266. The quantitative estimate of drug-likeness (QED) is 0.510. The number of hydrogen-bond donors (Lipinski definition) is 1. The van der Waals surface area contributed by atoms with Crippen molar-refractivity contribution in [2.24, 2.45) is 0 Å². The van der Waals surface area contributed by atoms with E-state index in [1.165, 1.54) is 4.90 Å². The highest BCUT2D eigenvalue weighted by molar-refractivity contribution is 6.28. The van der Waals surface area contributed by atoms with Crippen molar-refractivity contribution < 1.29 is 14.6 Å². The van der Waals surface area contributed by atoms with Gasteiger partial charge in [-0.1, -0.05) is 0 Å². The van der Waals surface area contributed by atoms with E-state index in [0.29, 0.717) is 13.1 Å². The normalized spacial score (nSPS) is 14.3. The molecule has 1 fully saturated rings. The number of anilines is 1. The van der Waals surface area contributed by atoms with Gasteiger partial charge in [0.25, 0.3) is 0 Å². The van der Waals surface area contributed by atoms with Gasteiger partial charge < -0.3 is 9.74 Å². The monoisotopic (exact) mass is 287 g/mol. The Kier molecular flexibility index (Phi) is 3.95. The molecular weight excluding hydrogens is 278 g/mol. The SMILES string of the molecule is O=C(ONc1nc(Cl)ncc1[N+](=O)[O-])N1CCCC1. The van der Waals surface area contributed by atoms with Crippen molar-refractivity contribution >= 4 is 29.2 Å². The largest absolute Gasteiger partial charge is 0.434 e. The third-order valence-corrected chi connectivity index (χ3v) is 2.72. The summed E-state index contributed by atoms with van der Waals surface area (Å²) in [6.07, 6.45) is 2.14. The first-order chi connectivity index (χ1) is 9.08. The zero-order chi connectivity index (χ0) is 13.8. The molecule has 1 aliphatic heterocycles. The number of amides is 1. The van der Waals surface area contributed by atoms with Gasteiger partial charge in [0.05, 0.1) is 4.92 Å². The second-order valence-electron chi connectivity index (χ2n) is 3.79. The summed E-state index contributed by atoms with van der Waals surface area (Å²) in [5.41, 5.74) is 1.71. The fourth-order valence-corrected chi connectivity index (χ4v) is 1.75. The van der Waals surface area contributed by atoms with Crippen LogP contribution >= 0.6 is 11.6 Å². The van der Waals surface area contributed by atoms with Gasteiger partial charge in [0.1, 0.15) is 6.20 Å². The molecule has 2 heterocycles. The van der Waals surface area contributed by atoms with Crippen molar-refractivity contribution in [2.45, 2.75) is 12.8 Å². The number of likely N-dealkylation sites (tertiary alicyclic amines) is 1. The number of carbonyl (C=O) groups is 1. The summed E-state index contributed by atoms with van der Waals surface area (Å²) in [5, 5.41) is 10.5. The van der Waals surface area contributed by atoms with Gasteiger partial charge in [-0.2, -0.15) is 10.5 Å². The van der Waals surface area contributed by atoms with Crippen LogP contribution in [0.3, 0.4) is 0 Å². The van der Waals surface area contributed by atoms with Gasteiger partial charge in [-0.15, -0.1) is 0 Å². The Morgan fingerprint density at radius 2 is 2.21 bits per heavy atom. The number of aromatic nitrogens is 2. The molecule has 9 nitrogen and oxygen atoms in total. The molecule has 0 unspecified atom stereocenters. The summed E-state index contributed by atoms with van der Waals surface area (Å²) in [6, 6.07) is 0. The van der Waals surface area contributed by atoms with Gasteiger partial charge in [0, 0.05) is 13.1 Å². The minimum absolute atomic E-state index is 0.190. The number of carbonyl (C=O) groups excluding carboxylic acids is 1. The summed E-state index contributed by atoms with van der Waals surface area (Å²) in [7, 11) is 0. The standard InChI is InChI=1S/C9H10ClN5O4/c10-8-11-5-6(15(17)18)7(12-8)13-19-9(16)14-3-1-2-4-14/h5H,1-4H2,(H,11,12,13). The zero-order valence-electron chi connectivity index (χ0n) is 9.71. The third-order valence-electron chi connectivity index (χ3n) is 2.54. The average molecular weight is 288 g/mol. The van der Waals surface area contributed by atoms with E-state index in [0.717, 1.165) is 19.0 Å². The molecule has 0 radical (unpaired) electrons. The first-order valence-corrected chi connectivity index (χ1v) is 5.84. The fraction of sp³-hybridized carbons (Fsp3) is 0.444. The number of halogens is 1. The van der Waals surface area contributed by atoms with E-state index in [9.17, 15) is 14.9 Å². The van der Waals surface area contributed by atoms with E-state index in [2.05, 4.69) is 15.4 Å². The molecule has 1 aliphatic rings. The molecule has 0 aromatic carbocycles. The highest BCUT2D eigenvalue weighted by atomic mass is 35.5. The minimum atomic E-state index is -0.706. The van der Waals surface area contributed by atoms with Gasteiger partial charge >= 0.3 is 11.8 Å². The van der Waals surface area contributed by atoms with Crippen LogP contribution < -0.4 is 5.48 Å². The molecule has 102 valence electrons. The Hall–Kier alpha value is -2.16. The van der Waals surface area contributed by atoms with E-state index in [1.54, 1.807) is 0 Å². The van der Waals surface area contributed by atoms with Crippen LogP contribution in [0, 0.1) is 10.1 Å². The van der Waals surface area contributed by atoms with Crippen molar-refractivity contribution in [1.82, 2.24) is 14.9 Å². The van der Waals surface area contributed by atoms with Crippen LogP contribution in [0.4, 0.5) is 16.3 Å². The van der Waals surface area contributed by atoms with Crippen LogP contribution in [-0.2, 0) is 4.84 Å². The predicted molar refractivity (Wildman–Crippen MR) is 64.6 cm³/mol. The molecule has 1 aromatic heterocycles. The fourth-order valence-electron chi connectivity index (χ4n) is 1.62. The van der Waals surface area contributed by atoms with E-state index in [1.807, 2.05) is 0 Å². The number of rotatable bonds is 3. The lowest BCUT2D eigenvalue weighted by Crippen LogP contribution is -2.30. The summed E-state index contributed by atoms with van der Waals surface area (Å²) in [4.78, 5) is 34.9. The minimum Gasteiger partial charge on any atom is -0.322 e. The Labute approximate surface area is 112 Å². The second-order valence-corrected chi connectivity index (χ2v) is 4.13. The topological polar surface area (TPSA) is 110 Å². The Balaban J connectivity index is 2.04. The molecule has 0 bridgehead atoms. The molecule has 19 heavy (non-hydrogen) atoms. The molecule has 1 aromatic rings. The summed E-state index contributed by atoms with van der Waals surface area (Å²) in [6.45, 7) is 1.21. The average Bonchev–Trinajstić information content (AvgIpc) is 2.89. The molecular formula is C9H10ClN5O4. The van der Waals surface area contributed by atoms with Crippen LogP contribution in [0.15, 0.2) is 6.20 Å². The maximum absolute atomic E-state index is 11.6. The number of hydrogen-bond acceptors (Lipinski definition) is 7. The van der Waals surface area contributed by atoms with E-state index in [-0.39, 0.29) is 11.1 Å². The molecule has 1 amide bonds. The number of nitrogens with zero attached hydrogens (tertiary/aromatic N) is 4. The Morgan fingerprint density at radius 3 is 2.84 bits per heavy atom. The van der Waals surface area contributed by atoms with Crippen molar-refractivity contribution in [2.75, 3.05) is 18.6 Å². The maximum Gasteiger partial charge on any atom is 0.434 e. The molecule has 0 spiro atoms. The lowest BCUT2D eigenvalue weighted by molar-refractivity contribution is -0.384. The van der Waals surface area contributed by atoms with Gasteiger partial charge in [0.2, 0.25) is 11.1 Å². The van der Waals surface area contributed by atoms with Crippen LogP contribution in [0.25, 0.3) is 0 Å². The third kappa shape index (κ3) is 3.19. The molecule has 0 aliphatic carbocycles. The van der Waals surface area contributed by atoms with Crippen LogP contribution in [0.5, 0.6) is 0 Å². The van der Waals surface area contributed by atoms with E-state index >= 15 is 0 Å². The number of nitro groups is 1. The molecule has 2 rings (SSSR count). The highest BCUT2D eigenvalue weighted by Gasteiger charge is 2.22. The van der Waals surface area contributed by atoms with Gasteiger partial charge in [0.15, 0.2) is 0 Å². The molecule has 1 saturated heterocycles. The smallest absolute Gasteiger partial charge is 0.322 e. The van der Waals surface area contributed by atoms with Crippen molar-refractivity contribution in [1.29, 1.82) is 0 Å². The van der Waals surface area contributed by atoms with Crippen LogP contribution in [0.2, 0.25) is 5.28 Å². The Morgan fingerprint density at radius 1 is 1.53 bits per heavy atom.